The average Bonchev–Trinajstić information content (AvgIpc) is 2.36. The lowest BCUT2D eigenvalue weighted by Gasteiger charge is -2.39. The molecule has 100 valence electrons. The molecule has 0 aliphatic carbocycles. The maximum Gasteiger partial charge on any atom is 0.0410 e. The van der Waals surface area contributed by atoms with Gasteiger partial charge in [0, 0.05) is 48.3 Å². The second kappa shape index (κ2) is 6.35. The molecule has 2 N–H and O–H groups in total. The van der Waals surface area contributed by atoms with Crippen molar-refractivity contribution in [3.8, 4) is 0 Å². The van der Waals surface area contributed by atoms with Crippen molar-refractivity contribution in [2.24, 2.45) is 5.73 Å². The van der Waals surface area contributed by atoms with E-state index in [1.807, 2.05) is 18.2 Å². The molecule has 1 heterocycles. The largest absolute Gasteiger partial charge is 0.329 e. The van der Waals surface area contributed by atoms with Crippen LogP contribution in [0, 0.1) is 0 Å². The van der Waals surface area contributed by atoms with Crippen molar-refractivity contribution in [2.45, 2.75) is 12.6 Å². The summed E-state index contributed by atoms with van der Waals surface area (Å²) in [6.07, 6.45) is 0. The van der Waals surface area contributed by atoms with Gasteiger partial charge in [0.25, 0.3) is 0 Å². The third-order valence-electron chi connectivity index (χ3n) is 3.46. The quantitative estimate of drug-likeness (QED) is 0.921. The van der Waals surface area contributed by atoms with Gasteiger partial charge < -0.3 is 10.6 Å². The number of likely N-dealkylation sites (N-methyl/N-ethyl adjacent to an activating group) is 1. The minimum absolute atomic E-state index is 0.426. The fourth-order valence-corrected chi connectivity index (χ4v) is 2.93. The van der Waals surface area contributed by atoms with E-state index in [1.54, 1.807) is 0 Å². The first kappa shape index (κ1) is 14.3. The summed E-state index contributed by atoms with van der Waals surface area (Å²) in [5, 5.41) is 0.784. The van der Waals surface area contributed by atoms with Crippen LogP contribution in [0.5, 0.6) is 0 Å². The second-order valence-electron chi connectivity index (χ2n) is 4.86. The summed E-state index contributed by atoms with van der Waals surface area (Å²) in [7, 11) is 2.15. The Balaban J connectivity index is 2.10. The highest BCUT2D eigenvalue weighted by Crippen LogP contribution is 2.24. The minimum atomic E-state index is 0.426. The van der Waals surface area contributed by atoms with Crippen molar-refractivity contribution in [1.29, 1.82) is 0 Å². The molecule has 1 aromatic rings. The Morgan fingerprint density at radius 1 is 1.44 bits per heavy atom. The van der Waals surface area contributed by atoms with Crippen molar-refractivity contribution in [3.05, 3.63) is 33.3 Å². The van der Waals surface area contributed by atoms with Gasteiger partial charge in [0.1, 0.15) is 0 Å². The van der Waals surface area contributed by atoms with Crippen molar-refractivity contribution >= 4 is 27.5 Å². The number of nitrogens with zero attached hydrogens (tertiary/aromatic N) is 2. The summed E-state index contributed by atoms with van der Waals surface area (Å²) in [5.41, 5.74) is 7.10. The van der Waals surface area contributed by atoms with Crippen LogP contribution in [0.1, 0.15) is 5.56 Å². The van der Waals surface area contributed by atoms with Gasteiger partial charge in [-0.05, 0) is 30.8 Å². The molecule has 0 radical (unpaired) electrons. The number of halogens is 2. The molecule has 1 aliphatic heterocycles. The molecule has 1 aromatic carbocycles. The molecular formula is C13H19BrClN3. The lowest BCUT2D eigenvalue weighted by molar-refractivity contribution is 0.0879. The Hall–Kier alpha value is -0.130. The van der Waals surface area contributed by atoms with Gasteiger partial charge >= 0.3 is 0 Å². The molecule has 1 aliphatic rings. The zero-order chi connectivity index (χ0) is 13.1. The molecule has 3 nitrogen and oxygen atoms in total. The molecule has 2 rings (SSSR count). The standard InChI is InChI=1S/C13H19BrClN3/c1-17-4-5-18(12(7-16)9-17)8-10-6-11(15)2-3-13(10)14/h2-3,6,12H,4-5,7-9,16H2,1H3. The highest BCUT2D eigenvalue weighted by molar-refractivity contribution is 9.10. The van der Waals surface area contributed by atoms with Gasteiger partial charge in [0.2, 0.25) is 0 Å². The summed E-state index contributed by atoms with van der Waals surface area (Å²) in [6.45, 7) is 4.78. The zero-order valence-corrected chi connectivity index (χ0v) is 12.9. The lowest BCUT2D eigenvalue weighted by Crippen LogP contribution is -2.54. The number of rotatable bonds is 3. The van der Waals surface area contributed by atoms with Gasteiger partial charge in [-0.1, -0.05) is 27.5 Å². The van der Waals surface area contributed by atoms with E-state index in [-0.39, 0.29) is 0 Å². The van der Waals surface area contributed by atoms with Crippen molar-refractivity contribution in [1.82, 2.24) is 9.80 Å². The van der Waals surface area contributed by atoms with E-state index in [2.05, 4.69) is 32.8 Å². The Morgan fingerprint density at radius 2 is 2.22 bits per heavy atom. The van der Waals surface area contributed by atoms with Gasteiger partial charge in [-0.15, -0.1) is 0 Å². The predicted molar refractivity (Wildman–Crippen MR) is 79.9 cm³/mol. The third-order valence-corrected chi connectivity index (χ3v) is 4.47. The minimum Gasteiger partial charge on any atom is -0.329 e. The van der Waals surface area contributed by atoms with Gasteiger partial charge in [0.15, 0.2) is 0 Å². The van der Waals surface area contributed by atoms with Crippen LogP contribution < -0.4 is 5.73 Å². The maximum absolute atomic E-state index is 6.06. The molecule has 1 saturated heterocycles. The smallest absolute Gasteiger partial charge is 0.0410 e. The summed E-state index contributed by atoms with van der Waals surface area (Å²) in [5.74, 6) is 0. The van der Waals surface area contributed by atoms with Crippen LogP contribution in [0.4, 0.5) is 0 Å². The number of benzene rings is 1. The highest BCUT2D eigenvalue weighted by atomic mass is 79.9. The molecule has 18 heavy (non-hydrogen) atoms. The molecule has 0 spiro atoms. The van der Waals surface area contributed by atoms with Crippen LogP contribution in [0.25, 0.3) is 0 Å². The van der Waals surface area contributed by atoms with Crippen LogP contribution in [0.2, 0.25) is 5.02 Å². The van der Waals surface area contributed by atoms with Crippen LogP contribution in [0.3, 0.4) is 0 Å². The summed E-state index contributed by atoms with van der Waals surface area (Å²) in [4.78, 5) is 4.78. The third kappa shape index (κ3) is 3.45. The Labute approximate surface area is 122 Å². The van der Waals surface area contributed by atoms with Gasteiger partial charge in [-0.25, -0.2) is 0 Å². The first-order chi connectivity index (χ1) is 8.60. The fourth-order valence-electron chi connectivity index (χ4n) is 2.36. The van der Waals surface area contributed by atoms with Crippen LogP contribution >= 0.6 is 27.5 Å². The first-order valence-corrected chi connectivity index (χ1v) is 7.34. The van der Waals surface area contributed by atoms with E-state index in [4.69, 9.17) is 17.3 Å². The summed E-state index contributed by atoms with van der Waals surface area (Å²) >= 11 is 9.64. The maximum atomic E-state index is 6.06. The second-order valence-corrected chi connectivity index (χ2v) is 6.15. The topological polar surface area (TPSA) is 32.5 Å². The molecule has 1 fully saturated rings. The summed E-state index contributed by atoms with van der Waals surface area (Å²) in [6, 6.07) is 6.36. The van der Waals surface area contributed by atoms with Gasteiger partial charge in [-0.2, -0.15) is 0 Å². The fraction of sp³-hybridized carbons (Fsp3) is 0.538. The van der Waals surface area contributed by atoms with Gasteiger partial charge in [0.05, 0.1) is 0 Å². The van der Waals surface area contributed by atoms with Crippen molar-refractivity contribution < 1.29 is 0 Å². The number of hydrogen-bond donors (Lipinski definition) is 1. The van der Waals surface area contributed by atoms with E-state index in [1.165, 1.54) is 5.56 Å². The lowest BCUT2D eigenvalue weighted by atomic mass is 10.1. The van der Waals surface area contributed by atoms with Crippen LogP contribution in [-0.2, 0) is 6.54 Å². The molecule has 0 amide bonds. The van der Waals surface area contributed by atoms with E-state index in [9.17, 15) is 0 Å². The number of nitrogens with two attached hydrogens (primary N) is 1. The predicted octanol–water partition coefficient (Wildman–Crippen LogP) is 2.18. The first-order valence-electron chi connectivity index (χ1n) is 6.16. The van der Waals surface area contributed by atoms with E-state index in [0.29, 0.717) is 12.6 Å². The van der Waals surface area contributed by atoms with E-state index < -0.39 is 0 Å². The number of hydrogen-bond acceptors (Lipinski definition) is 3. The SMILES string of the molecule is CN1CCN(Cc2cc(Cl)ccc2Br)C(CN)C1. The Kier molecular flexibility index (Phi) is 5.04. The average molecular weight is 333 g/mol. The normalized spacial score (nSPS) is 22.3. The molecule has 1 unspecified atom stereocenters. The molecule has 0 saturated carbocycles. The molecule has 5 heteroatoms. The molecule has 1 atom stereocenters. The van der Waals surface area contributed by atoms with Gasteiger partial charge in [-0.3, -0.25) is 4.90 Å². The highest BCUT2D eigenvalue weighted by Gasteiger charge is 2.24. The van der Waals surface area contributed by atoms with Crippen molar-refractivity contribution in [2.75, 3.05) is 33.2 Å². The summed E-state index contributed by atoms with van der Waals surface area (Å²) < 4.78 is 1.11. The Morgan fingerprint density at radius 3 is 2.94 bits per heavy atom. The van der Waals surface area contributed by atoms with Crippen LogP contribution in [-0.4, -0.2) is 49.1 Å². The molecule has 0 aromatic heterocycles. The van der Waals surface area contributed by atoms with Crippen molar-refractivity contribution in [3.63, 3.8) is 0 Å². The van der Waals surface area contributed by atoms with E-state index >= 15 is 0 Å². The molecule has 0 bridgehead atoms. The molecular weight excluding hydrogens is 314 g/mol. The van der Waals surface area contributed by atoms with E-state index in [0.717, 1.165) is 35.7 Å². The monoisotopic (exact) mass is 331 g/mol. The zero-order valence-electron chi connectivity index (χ0n) is 10.6. The van der Waals surface area contributed by atoms with Crippen LogP contribution in [0.15, 0.2) is 22.7 Å². The number of piperazine rings is 1. The Bertz CT molecular complexity index is 413.